The van der Waals surface area contributed by atoms with E-state index >= 15 is 0 Å². The van der Waals surface area contributed by atoms with E-state index in [1.54, 1.807) is 4.90 Å². The van der Waals surface area contributed by atoms with Gasteiger partial charge in [0.05, 0.1) is 0 Å². The molecule has 0 atom stereocenters. The van der Waals surface area contributed by atoms with Crippen molar-refractivity contribution in [3.05, 3.63) is 29.8 Å². The van der Waals surface area contributed by atoms with E-state index in [4.69, 9.17) is 0 Å². The summed E-state index contributed by atoms with van der Waals surface area (Å²) in [4.78, 5) is 26.2. The number of benzene rings is 1. The van der Waals surface area contributed by atoms with E-state index in [0.717, 1.165) is 24.1 Å². The second kappa shape index (κ2) is 6.51. The molecule has 4 heteroatoms. The van der Waals surface area contributed by atoms with Crippen LogP contribution >= 0.6 is 0 Å². The van der Waals surface area contributed by atoms with Gasteiger partial charge in [0.25, 0.3) is 0 Å². The molecule has 2 amide bonds. The number of hydrogen-bond acceptors (Lipinski definition) is 2. The van der Waals surface area contributed by atoms with Crippen molar-refractivity contribution in [2.75, 3.05) is 18.4 Å². The number of nitrogens with one attached hydrogen (secondary N) is 1. The van der Waals surface area contributed by atoms with E-state index in [0.29, 0.717) is 19.0 Å². The van der Waals surface area contributed by atoms with Gasteiger partial charge in [-0.05, 0) is 35.8 Å². The summed E-state index contributed by atoms with van der Waals surface area (Å²) in [6.45, 7) is 9.80. The minimum Gasteiger partial charge on any atom is -0.334 e. The van der Waals surface area contributed by atoms with E-state index in [1.165, 1.54) is 0 Å². The third-order valence-corrected chi connectivity index (χ3v) is 4.25. The fraction of sp³-hybridized carbons (Fsp3) is 0.556. The average Bonchev–Trinajstić information content (AvgIpc) is 2.46. The number of anilines is 1. The van der Waals surface area contributed by atoms with Gasteiger partial charge in [0, 0.05) is 18.8 Å². The van der Waals surface area contributed by atoms with Crippen molar-refractivity contribution in [1.82, 2.24) is 4.90 Å². The Morgan fingerprint density at radius 2 is 1.73 bits per heavy atom. The van der Waals surface area contributed by atoms with Crippen molar-refractivity contribution in [2.45, 2.75) is 46.0 Å². The van der Waals surface area contributed by atoms with E-state index in [-0.39, 0.29) is 5.41 Å². The summed E-state index contributed by atoms with van der Waals surface area (Å²) >= 11 is 0. The van der Waals surface area contributed by atoms with E-state index < -0.39 is 11.8 Å². The van der Waals surface area contributed by atoms with Crippen LogP contribution < -0.4 is 5.32 Å². The molecule has 1 fully saturated rings. The third-order valence-electron chi connectivity index (χ3n) is 4.25. The van der Waals surface area contributed by atoms with Crippen LogP contribution in [-0.4, -0.2) is 29.8 Å². The van der Waals surface area contributed by atoms with Crippen LogP contribution in [0.3, 0.4) is 0 Å². The van der Waals surface area contributed by atoms with Gasteiger partial charge < -0.3 is 10.2 Å². The first-order valence-corrected chi connectivity index (χ1v) is 7.99. The third kappa shape index (κ3) is 3.87. The minimum atomic E-state index is -0.536. The van der Waals surface area contributed by atoms with Gasteiger partial charge in [-0.2, -0.15) is 0 Å². The molecule has 1 heterocycles. The van der Waals surface area contributed by atoms with Gasteiger partial charge >= 0.3 is 11.8 Å². The van der Waals surface area contributed by atoms with Crippen LogP contribution in [0.25, 0.3) is 0 Å². The fourth-order valence-corrected chi connectivity index (χ4v) is 2.78. The molecule has 4 nitrogen and oxygen atoms in total. The topological polar surface area (TPSA) is 49.4 Å². The van der Waals surface area contributed by atoms with Gasteiger partial charge in [-0.15, -0.1) is 0 Å². The predicted octanol–water partition coefficient (Wildman–Crippen LogP) is 3.18. The summed E-state index contributed by atoms with van der Waals surface area (Å²) in [5.74, 6) is -0.324. The fourth-order valence-electron chi connectivity index (χ4n) is 2.78. The first-order valence-electron chi connectivity index (χ1n) is 7.99. The lowest BCUT2D eigenvalue weighted by atomic mass is 9.86. The van der Waals surface area contributed by atoms with Crippen LogP contribution in [0.1, 0.15) is 46.1 Å². The van der Waals surface area contributed by atoms with Gasteiger partial charge in [-0.1, -0.05) is 45.9 Å². The summed E-state index contributed by atoms with van der Waals surface area (Å²) in [6, 6.07) is 7.66. The largest absolute Gasteiger partial charge is 0.334 e. The number of likely N-dealkylation sites (tertiary alicyclic amines) is 1. The maximum atomic E-state index is 12.3. The number of amides is 2. The molecule has 0 aromatic heterocycles. The van der Waals surface area contributed by atoms with Crippen LogP contribution in [-0.2, 0) is 15.0 Å². The highest BCUT2D eigenvalue weighted by atomic mass is 16.2. The normalized spacial score (nSPS) is 16.5. The van der Waals surface area contributed by atoms with E-state index in [9.17, 15) is 9.59 Å². The Morgan fingerprint density at radius 3 is 2.32 bits per heavy atom. The Hall–Kier alpha value is -1.84. The minimum absolute atomic E-state index is 0.0898. The lowest BCUT2D eigenvalue weighted by molar-refractivity contribution is -0.144. The molecule has 1 aromatic rings. The van der Waals surface area contributed by atoms with Crippen molar-refractivity contribution < 1.29 is 9.59 Å². The predicted molar refractivity (Wildman–Crippen MR) is 88.7 cm³/mol. The maximum Gasteiger partial charge on any atom is 0.313 e. The van der Waals surface area contributed by atoms with E-state index in [2.05, 4.69) is 33.0 Å². The highest BCUT2D eigenvalue weighted by molar-refractivity contribution is 6.39. The molecule has 1 N–H and O–H groups in total. The number of carbonyl (C=O) groups is 2. The molecule has 0 spiro atoms. The highest BCUT2D eigenvalue weighted by Crippen LogP contribution is 2.29. The maximum absolute atomic E-state index is 12.3. The molecule has 0 radical (unpaired) electrons. The van der Waals surface area contributed by atoms with E-state index in [1.807, 2.05) is 24.3 Å². The molecule has 0 bridgehead atoms. The molecule has 2 rings (SSSR count). The molecule has 0 unspecified atom stereocenters. The number of carbonyl (C=O) groups excluding carboxylic acids is 2. The van der Waals surface area contributed by atoms with Crippen molar-refractivity contribution >= 4 is 17.5 Å². The monoisotopic (exact) mass is 302 g/mol. The van der Waals surface area contributed by atoms with Crippen molar-refractivity contribution in [2.24, 2.45) is 5.92 Å². The van der Waals surface area contributed by atoms with Gasteiger partial charge in [-0.3, -0.25) is 9.59 Å². The summed E-state index contributed by atoms with van der Waals surface area (Å²) in [6.07, 6.45) is 1.94. The lowest BCUT2D eigenvalue weighted by Crippen LogP contribution is -2.44. The summed E-state index contributed by atoms with van der Waals surface area (Å²) in [5, 5.41) is 2.80. The Bertz CT molecular complexity index is 552. The molecule has 0 saturated carbocycles. The standard InChI is InChI=1S/C18H26N2O2/c1-13-9-11-20(12-10-13)17(22)16(21)19-15-8-6-5-7-14(15)18(2,3)4/h5-8,13H,9-12H2,1-4H3,(H,19,21). The first-order chi connectivity index (χ1) is 10.3. The zero-order valence-electron chi connectivity index (χ0n) is 14.0. The number of rotatable bonds is 1. The SMILES string of the molecule is CC1CCN(C(=O)C(=O)Nc2ccccc2C(C)(C)C)CC1. The zero-order valence-corrected chi connectivity index (χ0v) is 14.0. The molecule has 1 aliphatic heterocycles. The molecular formula is C18H26N2O2. The van der Waals surface area contributed by atoms with Gasteiger partial charge in [0.1, 0.15) is 0 Å². The number of hydrogen-bond donors (Lipinski definition) is 1. The van der Waals surface area contributed by atoms with Crippen LogP contribution in [0.15, 0.2) is 24.3 Å². The summed E-state index contributed by atoms with van der Waals surface area (Å²) in [7, 11) is 0. The van der Waals surface area contributed by atoms with Crippen LogP contribution in [0.4, 0.5) is 5.69 Å². The second-order valence-corrected chi connectivity index (χ2v) is 7.22. The van der Waals surface area contributed by atoms with Crippen molar-refractivity contribution in [1.29, 1.82) is 0 Å². The Labute approximate surface area is 132 Å². The molecule has 0 aliphatic carbocycles. The van der Waals surface area contributed by atoms with Crippen LogP contribution in [0.5, 0.6) is 0 Å². The quantitative estimate of drug-likeness (QED) is 0.810. The number of piperidine rings is 1. The Morgan fingerprint density at radius 1 is 1.14 bits per heavy atom. The summed E-state index contributed by atoms with van der Waals surface area (Å²) < 4.78 is 0. The molecule has 1 saturated heterocycles. The zero-order chi connectivity index (χ0) is 16.3. The number of nitrogens with zero attached hydrogens (tertiary/aromatic N) is 1. The van der Waals surface area contributed by atoms with Gasteiger partial charge in [-0.25, -0.2) is 0 Å². The van der Waals surface area contributed by atoms with Crippen molar-refractivity contribution in [3.63, 3.8) is 0 Å². The van der Waals surface area contributed by atoms with Gasteiger partial charge in [0.2, 0.25) is 0 Å². The Kier molecular flexibility index (Phi) is 4.89. The Balaban J connectivity index is 2.08. The molecule has 1 aromatic carbocycles. The van der Waals surface area contributed by atoms with Crippen molar-refractivity contribution in [3.8, 4) is 0 Å². The second-order valence-electron chi connectivity index (χ2n) is 7.22. The molecule has 120 valence electrons. The molecular weight excluding hydrogens is 276 g/mol. The first kappa shape index (κ1) is 16.5. The van der Waals surface area contributed by atoms with Crippen LogP contribution in [0.2, 0.25) is 0 Å². The lowest BCUT2D eigenvalue weighted by Gasteiger charge is -2.30. The average molecular weight is 302 g/mol. The number of para-hydroxylation sites is 1. The smallest absolute Gasteiger partial charge is 0.313 e. The highest BCUT2D eigenvalue weighted by Gasteiger charge is 2.27. The van der Waals surface area contributed by atoms with Crippen LogP contribution in [0, 0.1) is 5.92 Å². The molecule has 1 aliphatic rings. The molecule has 22 heavy (non-hydrogen) atoms. The summed E-state index contributed by atoms with van der Waals surface area (Å²) in [5.41, 5.74) is 1.66. The van der Waals surface area contributed by atoms with Gasteiger partial charge in [0.15, 0.2) is 0 Å².